The number of fused-ring (bicyclic) bond motifs is 1. The molecular weight excluding hydrogens is 500 g/mol. The third-order valence-electron chi connectivity index (χ3n) is 7.53. The van der Waals surface area contributed by atoms with E-state index in [0.29, 0.717) is 4.90 Å². The number of aromatic nitrogens is 1. The summed E-state index contributed by atoms with van der Waals surface area (Å²) in [6.07, 6.45) is 0.905. The van der Waals surface area contributed by atoms with Gasteiger partial charge in [0.15, 0.2) is 9.84 Å². The molecule has 39 heavy (non-hydrogen) atoms. The number of para-hydroxylation sites is 1. The highest BCUT2D eigenvalue weighted by Gasteiger charge is 2.35. The number of rotatable bonds is 9. The molecule has 0 saturated heterocycles. The molecule has 2 unspecified atom stereocenters. The van der Waals surface area contributed by atoms with Gasteiger partial charge in [-0.2, -0.15) is 0 Å². The van der Waals surface area contributed by atoms with Crippen molar-refractivity contribution in [2.75, 3.05) is 5.32 Å². The van der Waals surface area contributed by atoms with E-state index in [9.17, 15) is 8.42 Å². The first-order valence-corrected chi connectivity index (χ1v) is 15.1. The first-order chi connectivity index (χ1) is 18.8. The maximum absolute atomic E-state index is 14.4. The number of aryl methyl sites for hydroxylation is 2. The Kier molecular flexibility index (Phi) is 7.62. The van der Waals surface area contributed by atoms with Gasteiger partial charge < -0.3 is 9.88 Å². The number of hydrogen-bond donors (Lipinski definition) is 1. The van der Waals surface area contributed by atoms with Crippen LogP contribution in [-0.4, -0.2) is 19.0 Å². The highest BCUT2D eigenvalue weighted by molar-refractivity contribution is 7.92. The van der Waals surface area contributed by atoms with Gasteiger partial charge in [0.25, 0.3) is 0 Å². The van der Waals surface area contributed by atoms with Crippen molar-refractivity contribution in [3.63, 3.8) is 0 Å². The molecule has 0 radical (unpaired) electrons. The van der Waals surface area contributed by atoms with Crippen molar-refractivity contribution in [3.05, 3.63) is 131 Å². The molecule has 0 aliphatic carbocycles. The summed E-state index contributed by atoms with van der Waals surface area (Å²) in [7, 11) is -3.74. The van der Waals surface area contributed by atoms with Gasteiger partial charge in [-0.3, -0.25) is 0 Å². The van der Waals surface area contributed by atoms with Crippen LogP contribution < -0.4 is 5.32 Å². The van der Waals surface area contributed by atoms with E-state index in [4.69, 9.17) is 0 Å². The summed E-state index contributed by atoms with van der Waals surface area (Å²) >= 11 is 0. The minimum atomic E-state index is -3.74. The van der Waals surface area contributed by atoms with Gasteiger partial charge in [0, 0.05) is 40.4 Å². The molecule has 5 rings (SSSR count). The average Bonchev–Trinajstić information content (AvgIpc) is 3.21. The van der Waals surface area contributed by atoms with Crippen LogP contribution in [0.5, 0.6) is 0 Å². The lowest BCUT2D eigenvalue weighted by atomic mass is 10.0. The molecule has 1 aromatic heterocycles. The Morgan fingerprint density at radius 3 is 2.10 bits per heavy atom. The minimum absolute atomic E-state index is 0.232. The van der Waals surface area contributed by atoms with Crippen molar-refractivity contribution in [1.82, 2.24) is 4.57 Å². The Balaban J connectivity index is 1.57. The van der Waals surface area contributed by atoms with Gasteiger partial charge in [-0.25, -0.2) is 8.42 Å². The molecule has 4 nitrogen and oxygen atoms in total. The van der Waals surface area contributed by atoms with Crippen LogP contribution in [0.2, 0.25) is 0 Å². The fourth-order valence-electron chi connectivity index (χ4n) is 5.62. The number of nitrogens with one attached hydrogen (secondary N) is 1. The molecule has 5 heteroatoms. The molecule has 0 fully saturated rings. The fraction of sp³-hybridized carbons (Fsp3) is 0.235. The van der Waals surface area contributed by atoms with E-state index >= 15 is 0 Å². The van der Waals surface area contributed by atoms with Gasteiger partial charge in [-0.05, 0) is 75.6 Å². The largest absolute Gasteiger partial charge is 0.382 e. The molecule has 5 aromatic rings. The summed E-state index contributed by atoms with van der Waals surface area (Å²) in [6.45, 7) is 9.04. The molecule has 0 saturated carbocycles. The second kappa shape index (κ2) is 11.1. The van der Waals surface area contributed by atoms with E-state index in [-0.39, 0.29) is 6.04 Å². The van der Waals surface area contributed by atoms with E-state index < -0.39 is 15.1 Å². The summed E-state index contributed by atoms with van der Waals surface area (Å²) < 4.78 is 31.0. The highest BCUT2D eigenvalue weighted by atomic mass is 32.2. The van der Waals surface area contributed by atoms with Crippen molar-refractivity contribution in [2.45, 2.75) is 56.8 Å². The van der Waals surface area contributed by atoms with Crippen LogP contribution in [-0.2, 0) is 22.8 Å². The second-order valence-corrected chi connectivity index (χ2v) is 12.4. The quantitative estimate of drug-likeness (QED) is 0.208. The van der Waals surface area contributed by atoms with Gasteiger partial charge in [0.05, 0.1) is 4.90 Å². The molecule has 200 valence electrons. The smallest absolute Gasteiger partial charge is 0.189 e. The van der Waals surface area contributed by atoms with Crippen LogP contribution in [0.4, 0.5) is 5.69 Å². The monoisotopic (exact) mass is 536 g/mol. The Morgan fingerprint density at radius 1 is 0.795 bits per heavy atom. The summed E-state index contributed by atoms with van der Waals surface area (Å²) in [4.78, 5) is 0.338. The lowest BCUT2D eigenvalue weighted by Crippen LogP contribution is -2.19. The first-order valence-electron chi connectivity index (χ1n) is 13.6. The predicted octanol–water partition coefficient (Wildman–Crippen LogP) is 7.88. The zero-order valence-electron chi connectivity index (χ0n) is 23.1. The fourth-order valence-corrected chi connectivity index (χ4v) is 7.53. The third kappa shape index (κ3) is 5.37. The molecular formula is C34H36N2O2S. The van der Waals surface area contributed by atoms with Crippen LogP contribution in [0.25, 0.3) is 10.9 Å². The summed E-state index contributed by atoms with van der Waals surface area (Å²) in [5.41, 5.74) is 6.94. The zero-order chi connectivity index (χ0) is 27.6. The van der Waals surface area contributed by atoms with E-state index in [1.807, 2.05) is 74.5 Å². The van der Waals surface area contributed by atoms with Crippen molar-refractivity contribution in [3.8, 4) is 0 Å². The van der Waals surface area contributed by atoms with Gasteiger partial charge in [-0.1, -0.05) is 78.4 Å². The van der Waals surface area contributed by atoms with Gasteiger partial charge in [0.2, 0.25) is 0 Å². The summed E-state index contributed by atoms with van der Waals surface area (Å²) in [6, 6.07) is 33.9. The maximum atomic E-state index is 14.4. The van der Waals surface area contributed by atoms with Crippen LogP contribution in [0.3, 0.4) is 0 Å². The van der Waals surface area contributed by atoms with Crippen molar-refractivity contribution < 1.29 is 8.42 Å². The topological polar surface area (TPSA) is 51.1 Å². The predicted molar refractivity (Wildman–Crippen MR) is 162 cm³/mol. The standard InChI is InChI=1S/C34H36N2O2S/c1-5-36-26(4)33(31-13-9-10-14-32(31)36)34(39(37,38)30-21-15-24(2)16-22-30)28-17-19-29(20-18-28)35-25(3)23-27-11-7-6-8-12-27/h6-22,25,34-35H,5,23H2,1-4H3. The number of hydrogen-bond acceptors (Lipinski definition) is 3. The summed E-state index contributed by atoms with van der Waals surface area (Å²) in [5.74, 6) is 0. The number of nitrogens with zero attached hydrogens (tertiary/aromatic N) is 1. The van der Waals surface area contributed by atoms with Crippen molar-refractivity contribution in [2.24, 2.45) is 0 Å². The van der Waals surface area contributed by atoms with E-state index in [2.05, 4.69) is 54.1 Å². The minimum Gasteiger partial charge on any atom is -0.382 e. The Labute approximate surface area is 232 Å². The van der Waals surface area contributed by atoms with E-state index in [1.54, 1.807) is 12.1 Å². The Hall–Kier alpha value is -3.83. The van der Waals surface area contributed by atoms with Crippen LogP contribution in [0.15, 0.2) is 108 Å². The lowest BCUT2D eigenvalue weighted by Gasteiger charge is -2.21. The van der Waals surface area contributed by atoms with Gasteiger partial charge in [0.1, 0.15) is 5.25 Å². The van der Waals surface area contributed by atoms with Crippen LogP contribution in [0.1, 0.15) is 47.0 Å². The molecule has 0 aliphatic rings. The van der Waals surface area contributed by atoms with Crippen LogP contribution in [0, 0.1) is 13.8 Å². The molecule has 1 heterocycles. The van der Waals surface area contributed by atoms with E-state index in [0.717, 1.165) is 51.9 Å². The second-order valence-electron chi connectivity index (χ2n) is 10.4. The molecule has 0 aliphatic heterocycles. The zero-order valence-corrected chi connectivity index (χ0v) is 23.9. The number of anilines is 1. The van der Waals surface area contributed by atoms with Gasteiger partial charge >= 0.3 is 0 Å². The Bertz CT molecular complexity index is 1670. The molecule has 2 atom stereocenters. The van der Waals surface area contributed by atoms with Gasteiger partial charge in [-0.15, -0.1) is 0 Å². The van der Waals surface area contributed by atoms with Crippen LogP contribution >= 0.6 is 0 Å². The van der Waals surface area contributed by atoms with Crippen molar-refractivity contribution in [1.29, 1.82) is 0 Å². The summed E-state index contributed by atoms with van der Waals surface area (Å²) in [5, 5.41) is 3.73. The molecule has 1 N–H and O–H groups in total. The maximum Gasteiger partial charge on any atom is 0.189 e. The lowest BCUT2D eigenvalue weighted by molar-refractivity contribution is 0.588. The molecule has 4 aromatic carbocycles. The average molecular weight is 537 g/mol. The normalized spacial score (nSPS) is 13.3. The van der Waals surface area contributed by atoms with Crippen molar-refractivity contribution >= 4 is 26.4 Å². The Morgan fingerprint density at radius 2 is 1.44 bits per heavy atom. The molecule has 0 amide bonds. The number of sulfone groups is 1. The SMILES string of the molecule is CCn1c(C)c(C(c2ccc(NC(C)Cc3ccccc3)cc2)S(=O)(=O)c2ccc(C)cc2)c2ccccc21. The number of benzene rings is 4. The first kappa shape index (κ1) is 26.8. The highest BCUT2D eigenvalue weighted by Crippen LogP contribution is 2.42. The molecule has 0 spiro atoms. The third-order valence-corrected chi connectivity index (χ3v) is 9.59. The van der Waals surface area contributed by atoms with E-state index in [1.165, 1.54) is 5.56 Å². The molecule has 0 bridgehead atoms.